The van der Waals surface area contributed by atoms with Gasteiger partial charge in [-0.25, -0.2) is 0 Å². The third-order valence-corrected chi connectivity index (χ3v) is 2.54. The number of nitrogens with two attached hydrogens (primary N) is 1. The largest absolute Gasteiger partial charge is 0.347 e. The number of piperidine rings is 1. The van der Waals surface area contributed by atoms with E-state index >= 15 is 0 Å². The third-order valence-electron chi connectivity index (χ3n) is 2.54. The van der Waals surface area contributed by atoms with E-state index in [0.29, 0.717) is 13.2 Å². The summed E-state index contributed by atoms with van der Waals surface area (Å²) in [7, 11) is 0. The van der Waals surface area contributed by atoms with Crippen LogP contribution in [0.25, 0.3) is 0 Å². The van der Waals surface area contributed by atoms with Crippen LogP contribution in [0.5, 0.6) is 0 Å². The Hall–Kier alpha value is -0.160. The predicted molar refractivity (Wildman–Crippen MR) is 44.7 cm³/mol. The molecule has 1 atom stereocenters. The Kier molecular flexibility index (Phi) is 2.32. The van der Waals surface area contributed by atoms with Gasteiger partial charge in [0, 0.05) is 32.5 Å². The van der Waals surface area contributed by atoms with Crippen LogP contribution in [0, 0.1) is 0 Å². The van der Waals surface area contributed by atoms with Gasteiger partial charge in [-0.3, -0.25) is 0 Å². The molecule has 0 aliphatic carbocycles. The summed E-state index contributed by atoms with van der Waals surface area (Å²) in [5, 5.41) is 3.28. The zero-order valence-electron chi connectivity index (χ0n) is 7.21. The van der Waals surface area contributed by atoms with Crippen LogP contribution in [0.4, 0.5) is 0 Å². The van der Waals surface area contributed by atoms with E-state index in [0.717, 1.165) is 25.9 Å². The molecule has 0 aromatic heterocycles. The van der Waals surface area contributed by atoms with Crippen molar-refractivity contribution in [2.24, 2.45) is 5.73 Å². The summed E-state index contributed by atoms with van der Waals surface area (Å²) in [5.41, 5.74) is 5.50. The van der Waals surface area contributed by atoms with Gasteiger partial charge in [-0.2, -0.15) is 0 Å². The summed E-state index contributed by atoms with van der Waals surface area (Å²) in [4.78, 5) is 0. The molecule has 4 nitrogen and oxygen atoms in total. The van der Waals surface area contributed by atoms with Crippen molar-refractivity contribution in [2.75, 3.05) is 26.2 Å². The Bertz CT molecular complexity index is 157. The molecule has 0 amide bonds. The first-order valence-electron chi connectivity index (χ1n) is 4.57. The number of hydrogen-bond donors (Lipinski definition) is 2. The molecule has 2 saturated heterocycles. The van der Waals surface area contributed by atoms with Crippen molar-refractivity contribution in [1.82, 2.24) is 5.32 Å². The number of rotatable bonds is 1. The molecule has 4 heteroatoms. The van der Waals surface area contributed by atoms with Crippen molar-refractivity contribution in [3.05, 3.63) is 0 Å². The van der Waals surface area contributed by atoms with E-state index in [1.807, 2.05) is 0 Å². The molecule has 2 aliphatic heterocycles. The average Bonchev–Trinajstić information content (AvgIpc) is 2.50. The lowest BCUT2D eigenvalue weighted by Gasteiger charge is -2.32. The van der Waals surface area contributed by atoms with Gasteiger partial charge in [-0.05, 0) is 0 Å². The lowest BCUT2D eigenvalue weighted by molar-refractivity contribution is -0.182. The first kappa shape index (κ1) is 8.44. The second kappa shape index (κ2) is 3.30. The minimum absolute atomic E-state index is 0.114. The summed E-state index contributed by atoms with van der Waals surface area (Å²) in [6, 6.07) is 0. The summed E-state index contributed by atoms with van der Waals surface area (Å²) in [6.45, 7) is 3.19. The number of nitrogens with one attached hydrogen (secondary N) is 1. The average molecular weight is 172 g/mol. The maximum atomic E-state index is 5.75. The van der Waals surface area contributed by atoms with E-state index in [9.17, 15) is 0 Å². The smallest absolute Gasteiger partial charge is 0.171 e. The van der Waals surface area contributed by atoms with Gasteiger partial charge in [0.05, 0.1) is 12.7 Å². The maximum absolute atomic E-state index is 5.75. The molecule has 2 heterocycles. The molecule has 0 radical (unpaired) electrons. The molecule has 70 valence electrons. The Balaban J connectivity index is 1.94. The van der Waals surface area contributed by atoms with Crippen molar-refractivity contribution in [3.8, 4) is 0 Å². The molecule has 1 spiro atoms. The van der Waals surface area contributed by atoms with E-state index in [1.54, 1.807) is 0 Å². The monoisotopic (exact) mass is 172 g/mol. The van der Waals surface area contributed by atoms with E-state index in [1.165, 1.54) is 0 Å². The van der Waals surface area contributed by atoms with Gasteiger partial charge in [0.2, 0.25) is 0 Å². The van der Waals surface area contributed by atoms with Gasteiger partial charge in [0.15, 0.2) is 5.79 Å². The molecule has 0 aromatic rings. The van der Waals surface area contributed by atoms with Crippen molar-refractivity contribution in [1.29, 1.82) is 0 Å². The summed E-state index contributed by atoms with van der Waals surface area (Å²) >= 11 is 0. The van der Waals surface area contributed by atoms with Crippen LogP contribution in [0.15, 0.2) is 0 Å². The highest BCUT2D eigenvalue weighted by atomic mass is 16.7. The summed E-state index contributed by atoms with van der Waals surface area (Å²) in [6.07, 6.45) is 2.01. The van der Waals surface area contributed by atoms with Gasteiger partial charge in [-0.15, -0.1) is 0 Å². The van der Waals surface area contributed by atoms with Gasteiger partial charge >= 0.3 is 0 Å². The minimum Gasteiger partial charge on any atom is -0.347 e. The third kappa shape index (κ3) is 1.47. The fraction of sp³-hybridized carbons (Fsp3) is 1.00. The number of ether oxygens (including phenoxy) is 2. The standard InChI is InChI=1S/C8H16N2O2/c9-5-7-6-11-8(12-7)1-3-10-4-2-8/h7,10H,1-6,9H2. The molecule has 2 aliphatic rings. The van der Waals surface area contributed by atoms with Gasteiger partial charge in [0.25, 0.3) is 0 Å². The zero-order valence-corrected chi connectivity index (χ0v) is 7.21. The van der Waals surface area contributed by atoms with Gasteiger partial charge < -0.3 is 20.5 Å². The molecule has 2 fully saturated rings. The lowest BCUT2D eigenvalue weighted by atomic mass is 10.1. The number of hydrogen-bond acceptors (Lipinski definition) is 4. The summed E-state index contributed by atoms with van der Waals surface area (Å²) < 4.78 is 11.4. The fourth-order valence-electron chi connectivity index (χ4n) is 1.80. The molecule has 0 bridgehead atoms. The van der Waals surface area contributed by atoms with Crippen LogP contribution < -0.4 is 11.1 Å². The normalized spacial score (nSPS) is 34.2. The van der Waals surface area contributed by atoms with E-state index < -0.39 is 0 Å². The first-order chi connectivity index (χ1) is 5.85. The van der Waals surface area contributed by atoms with Crippen LogP contribution in [0.1, 0.15) is 12.8 Å². The second-order valence-electron chi connectivity index (χ2n) is 3.45. The topological polar surface area (TPSA) is 56.5 Å². The quantitative estimate of drug-likeness (QED) is 0.556. The Labute approximate surface area is 72.4 Å². The molecule has 12 heavy (non-hydrogen) atoms. The van der Waals surface area contributed by atoms with Crippen molar-refractivity contribution in [2.45, 2.75) is 24.7 Å². The Morgan fingerprint density at radius 3 is 2.75 bits per heavy atom. The SMILES string of the molecule is NCC1COC2(CCNCC2)O1. The van der Waals surface area contributed by atoms with Gasteiger partial charge in [0.1, 0.15) is 0 Å². The molecular weight excluding hydrogens is 156 g/mol. The van der Waals surface area contributed by atoms with Crippen LogP contribution in [0.3, 0.4) is 0 Å². The van der Waals surface area contributed by atoms with Crippen molar-refractivity contribution < 1.29 is 9.47 Å². The molecule has 0 saturated carbocycles. The minimum atomic E-state index is -0.296. The highest BCUT2D eigenvalue weighted by Gasteiger charge is 2.41. The lowest BCUT2D eigenvalue weighted by Crippen LogP contribution is -2.43. The van der Waals surface area contributed by atoms with Crippen LogP contribution >= 0.6 is 0 Å². The molecule has 0 aromatic carbocycles. The van der Waals surface area contributed by atoms with Crippen molar-refractivity contribution >= 4 is 0 Å². The molecule has 1 unspecified atom stereocenters. The Morgan fingerprint density at radius 1 is 1.42 bits per heavy atom. The van der Waals surface area contributed by atoms with Crippen LogP contribution in [-0.2, 0) is 9.47 Å². The second-order valence-corrected chi connectivity index (χ2v) is 3.45. The molecular formula is C8H16N2O2. The van der Waals surface area contributed by atoms with Crippen LogP contribution in [0.2, 0.25) is 0 Å². The maximum Gasteiger partial charge on any atom is 0.171 e. The van der Waals surface area contributed by atoms with Crippen molar-refractivity contribution in [3.63, 3.8) is 0 Å². The van der Waals surface area contributed by atoms with E-state index in [4.69, 9.17) is 15.2 Å². The molecule has 2 rings (SSSR count). The first-order valence-corrected chi connectivity index (χ1v) is 4.57. The van der Waals surface area contributed by atoms with Crippen LogP contribution in [-0.4, -0.2) is 38.1 Å². The zero-order chi connectivity index (χ0) is 8.44. The van der Waals surface area contributed by atoms with E-state index in [2.05, 4.69) is 5.32 Å². The fourth-order valence-corrected chi connectivity index (χ4v) is 1.80. The summed E-state index contributed by atoms with van der Waals surface area (Å²) in [5.74, 6) is -0.296. The predicted octanol–water partition coefficient (Wildman–Crippen LogP) is -0.560. The van der Waals surface area contributed by atoms with E-state index in [-0.39, 0.29) is 11.9 Å². The Morgan fingerprint density at radius 2 is 2.17 bits per heavy atom. The highest BCUT2D eigenvalue weighted by molar-refractivity contribution is 4.84. The highest BCUT2D eigenvalue weighted by Crippen LogP contribution is 2.31. The van der Waals surface area contributed by atoms with Gasteiger partial charge in [-0.1, -0.05) is 0 Å². The molecule has 3 N–H and O–H groups in total.